The van der Waals surface area contributed by atoms with Gasteiger partial charge < -0.3 is 19.3 Å². The van der Waals surface area contributed by atoms with Gasteiger partial charge in [0.1, 0.15) is 23.8 Å². The molecule has 35 heavy (non-hydrogen) atoms. The van der Waals surface area contributed by atoms with Gasteiger partial charge in [-0.15, -0.1) is 0 Å². The lowest BCUT2D eigenvalue weighted by Crippen LogP contribution is -2.45. The van der Waals surface area contributed by atoms with Crippen molar-refractivity contribution in [3.8, 4) is 5.75 Å². The average Bonchev–Trinajstić information content (AvgIpc) is 3.02. The number of nitrogens with zero attached hydrogens (tertiary/aromatic N) is 3. The molecule has 1 fully saturated rings. The second-order valence-electron chi connectivity index (χ2n) is 8.43. The van der Waals surface area contributed by atoms with Crippen LogP contribution in [0.3, 0.4) is 0 Å². The monoisotopic (exact) mass is 482 g/mol. The third-order valence-electron chi connectivity index (χ3n) is 5.93. The normalized spacial score (nSPS) is 18.6. The maximum absolute atomic E-state index is 14.1. The van der Waals surface area contributed by atoms with Crippen molar-refractivity contribution in [2.45, 2.75) is 32.1 Å². The Hall–Kier alpha value is -3.79. The first-order chi connectivity index (χ1) is 16.9. The van der Waals surface area contributed by atoms with E-state index in [4.69, 9.17) is 9.47 Å². The summed E-state index contributed by atoms with van der Waals surface area (Å²) in [6.07, 6.45) is -0.198. The Bertz CT molecular complexity index is 1120. The highest BCUT2D eigenvalue weighted by Gasteiger charge is 2.33. The first-order valence-corrected chi connectivity index (χ1v) is 11.3. The molecule has 0 spiro atoms. The number of hydrazone groups is 1. The van der Waals surface area contributed by atoms with Crippen molar-refractivity contribution in [2.24, 2.45) is 5.10 Å². The number of amides is 3. The number of halogens is 1. The van der Waals surface area contributed by atoms with Gasteiger partial charge in [0.2, 0.25) is 11.8 Å². The fourth-order valence-corrected chi connectivity index (χ4v) is 3.98. The minimum absolute atomic E-state index is 0.000933. The fraction of sp³-hybridized carbons (Fsp3) is 0.360. The first-order valence-electron chi connectivity index (χ1n) is 11.3. The van der Waals surface area contributed by atoms with Crippen LogP contribution in [-0.2, 0) is 32.3 Å². The quantitative estimate of drug-likeness (QED) is 0.649. The molecule has 2 aromatic rings. The van der Waals surface area contributed by atoms with Gasteiger partial charge in [0.15, 0.2) is 0 Å². The van der Waals surface area contributed by atoms with Crippen LogP contribution in [0.15, 0.2) is 53.6 Å². The number of nitrogens with one attached hydrogen (secondary N) is 1. The van der Waals surface area contributed by atoms with Crippen molar-refractivity contribution in [3.63, 3.8) is 0 Å². The molecule has 10 heteroatoms. The highest BCUT2D eigenvalue weighted by molar-refractivity contribution is 6.39. The Kier molecular flexibility index (Phi) is 7.71. The van der Waals surface area contributed by atoms with Crippen molar-refractivity contribution in [1.29, 1.82) is 0 Å². The third kappa shape index (κ3) is 6.21. The SMILES string of the molecule is COc1ccc(CN2C[C@H](OCc3ccccc3F)CN(C(=O)C3=NNC(=O)CC3)CC2=O)cc1. The topological polar surface area (TPSA) is 101 Å². The number of carbonyl (C=O) groups is 3. The molecule has 0 bridgehead atoms. The summed E-state index contributed by atoms with van der Waals surface area (Å²) < 4.78 is 25.3. The van der Waals surface area contributed by atoms with Crippen LogP contribution in [-0.4, -0.2) is 66.1 Å². The zero-order valence-corrected chi connectivity index (χ0v) is 19.4. The predicted molar refractivity (Wildman–Crippen MR) is 125 cm³/mol. The van der Waals surface area contributed by atoms with Crippen LogP contribution in [0.5, 0.6) is 5.75 Å². The van der Waals surface area contributed by atoms with E-state index in [0.717, 1.165) is 5.56 Å². The van der Waals surface area contributed by atoms with Gasteiger partial charge >= 0.3 is 0 Å². The summed E-state index contributed by atoms with van der Waals surface area (Å²) in [5.41, 5.74) is 3.79. The van der Waals surface area contributed by atoms with Gasteiger partial charge in [-0.25, -0.2) is 9.82 Å². The number of hydrogen-bond donors (Lipinski definition) is 1. The molecule has 0 aromatic heterocycles. The number of ether oxygens (including phenoxy) is 2. The lowest BCUT2D eigenvalue weighted by molar-refractivity contribution is -0.136. The van der Waals surface area contributed by atoms with E-state index in [2.05, 4.69) is 10.5 Å². The second-order valence-corrected chi connectivity index (χ2v) is 8.43. The van der Waals surface area contributed by atoms with Crippen molar-refractivity contribution in [3.05, 3.63) is 65.5 Å². The first kappa shape index (κ1) is 24.3. The molecule has 1 N–H and O–H groups in total. The van der Waals surface area contributed by atoms with Gasteiger partial charge in [-0.2, -0.15) is 5.10 Å². The standard InChI is InChI=1S/C25H27FN4O5/c1-34-19-8-6-17(7-9-19)12-29-13-20(35-16-18-4-2-3-5-21(18)26)14-30(15-24(29)32)25(33)22-10-11-23(31)28-27-22/h2-9,20H,10-16H2,1H3,(H,28,31)/t20-/m0/s1. The molecule has 184 valence electrons. The van der Waals surface area contributed by atoms with Gasteiger partial charge in [-0.05, 0) is 23.8 Å². The van der Waals surface area contributed by atoms with Crippen LogP contribution in [0.25, 0.3) is 0 Å². The molecule has 0 radical (unpaired) electrons. The summed E-state index contributed by atoms with van der Waals surface area (Å²) in [4.78, 5) is 40.7. The largest absolute Gasteiger partial charge is 0.497 e. The zero-order chi connectivity index (χ0) is 24.8. The van der Waals surface area contributed by atoms with Crippen LogP contribution in [0, 0.1) is 5.82 Å². The van der Waals surface area contributed by atoms with E-state index in [1.165, 1.54) is 11.0 Å². The molecule has 2 aromatic carbocycles. The molecule has 4 rings (SSSR count). The van der Waals surface area contributed by atoms with Crippen LogP contribution in [0.4, 0.5) is 4.39 Å². The van der Waals surface area contributed by atoms with E-state index >= 15 is 0 Å². The lowest BCUT2D eigenvalue weighted by Gasteiger charge is -2.25. The maximum atomic E-state index is 14.1. The van der Waals surface area contributed by atoms with Crippen molar-refractivity contribution in [1.82, 2.24) is 15.2 Å². The maximum Gasteiger partial charge on any atom is 0.270 e. The minimum atomic E-state index is -0.554. The highest BCUT2D eigenvalue weighted by atomic mass is 19.1. The molecule has 2 heterocycles. The Balaban J connectivity index is 1.52. The molecule has 0 aliphatic carbocycles. The molecular formula is C25H27FN4O5. The van der Waals surface area contributed by atoms with Gasteiger partial charge in [0, 0.05) is 38.0 Å². The van der Waals surface area contributed by atoms with Crippen molar-refractivity contribution < 1.29 is 28.2 Å². The summed E-state index contributed by atoms with van der Waals surface area (Å²) in [5.74, 6) is -0.604. The number of benzene rings is 2. The molecule has 2 aliphatic heterocycles. The molecule has 3 amide bonds. The Morgan fingerprint density at radius 2 is 1.89 bits per heavy atom. The predicted octanol–water partition coefficient (Wildman–Crippen LogP) is 1.86. The van der Waals surface area contributed by atoms with E-state index < -0.39 is 12.0 Å². The molecular weight excluding hydrogens is 455 g/mol. The van der Waals surface area contributed by atoms with Crippen LogP contribution < -0.4 is 10.2 Å². The lowest BCUT2D eigenvalue weighted by atomic mass is 10.1. The third-order valence-corrected chi connectivity index (χ3v) is 5.93. The Morgan fingerprint density at radius 3 is 2.57 bits per heavy atom. The Labute approximate surface area is 202 Å². The smallest absolute Gasteiger partial charge is 0.270 e. The van der Waals surface area contributed by atoms with Gasteiger partial charge in [0.25, 0.3) is 5.91 Å². The molecule has 2 aliphatic rings. The van der Waals surface area contributed by atoms with Crippen molar-refractivity contribution >= 4 is 23.4 Å². The molecule has 1 saturated heterocycles. The fourth-order valence-electron chi connectivity index (χ4n) is 3.98. The summed E-state index contributed by atoms with van der Waals surface area (Å²) in [6, 6.07) is 13.7. The summed E-state index contributed by atoms with van der Waals surface area (Å²) >= 11 is 0. The van der Waals surface area contributed by atoms with E-state index in [-0.39, 0.29) is 62.4 Å². The molecule has 0 unspecified atom stereocenters. The van der Waals surface area contributed by atoms with Crippen LogP contribution >= 0.6 is 0 Å². The van der Waals surface area contributed by atoms with Gasteiger partial charge in [0.05, 0.1) is 19.8 Å². The van der Waals surface area contributed by atoms with Crippen LogP contribution in [0.1, 0.15) is 24.0 Å². The molecule has 0 saturated carbocycles. The summed E-state index contributed by atoms with van der Waals surface area (Å²) in [5, 5.41) is 3.87. The van der Waals surface area contributed by atoms with Crippen molar-refractivity contribution in [2.75, 3.05) is 26.7 Å². The summed E-state index contributed by atoms with van der Waals surface area (Å²) in [7, 11) is 1.58. The zero-order valence-electron chi connectivity index (χ0n) is 19.4. The summed E-state index contributed by atoms with van der Waals surface area (Å²) in [6.45, 7) is 0.529. The highest BCUT2D eigenvalue weighted by Crippen LogP contribution is 2.18. The van der Waals surface area contributed by atoms with E-state index in [1.54, 1.807) is 30.2 Å². The Morgan fingerprint density at radius 1 is 1.11 bits per heavy atom. The minimum Gasteiger partial charge on any atom is -0.497 e. The second kappa shape index (κ2) is 11.1. The molecule has 9 nitrogen and oxygen atoms in total. The van der Waals surface area contributed by atoms with Gasteiger partial charge in [-0.1, -0.05) is 30.3 Å². The number of rotatable bonds is 7. The van der Waals surface area contributed by atoms with Gasteiger partial charge in [-0.3, -0.25) is 14.4 Å². The van der Waals surface area contributed by atoms with Crippen LogP contribution in [0.2, 0.25) is 0 Å². The van der Waals surface area contributed by atoms with E-state index in [1.807, 2.05) is 24.3 Å². The average molecular weight is 483 g/mol. The number of carbonyl (C=O) groups excluding carboxylic acids is 3. The van der Waals surface area contributed by atoms with E-state index in [9.17, 15) is 18.8 Å². The number of hydrogen-bond acceptors (Lipinski definition) is 6. The molecule has 1 atom stereocenters. The number of methoxy groups -OCH3 is 1. The van der Waals surface area contributed by atoms with E-state index in [0.29, 0.717) is 17.9 Å².